The molecule has 1 atom stereocenters. The van der Waals surface area contributed by atoms with E-state index < -0.39 is 9.84 Å². The number of nitrogens with one attached hydrogen (secondary N) is 2. The van der Waals surface area contributed by atoms with Crippen LogP contribution in [0.5, 0.6) is 11.8 Å². The third-order valence-corrected chi connectivity index (χ3v) is 9.43. The highest BCUT2D eigenvalue weighted by Crippen LogP contribution is 2.40. The lowest BCUT2D eigenvalue weighted by Gasteiger charge is -2.11. The fourth-order valence-electron chi connectivity index (χ4n) is 4.04. The van der Waals surface area contributed by atoms with Crippen LogP contribution in [-0.2, 0) is 15.6 Å². The molecule has 1 aliphatic heterocycles. The third-order valence-electron chi connectivity index (χ3n) is 5.90. The van der Waals surface area contributed by atoms with E-state index in [1.165, 1.54) is 23.7 Å². The van der Waals surface area contributed by atoms with Gasteiger partial charge in [0.2, 0.25) is 17.0 Å². The molecular weight excluding hydrogens is 512 g/mol. The van der Waals surface area contributed by atoms with Crippen LogP contribution in [0.1, 0.15) is 35.0 Å². The number of anilines is 1. The van der Waals surface area contributed by atoms with Crippen LogP contribution in [-0.4, -0.2) is 52.1 Å². The van der Waals surface area contributed by atoms with Crippen molar-refractivity contribution in [1.29, 1.82) is 0 Å². The Morgan fingerprint density at radius 1 is 1.20 bits per heavy atom. The summed E-state index contributed by atoms with van der Waals surface area (Å²) in [4.78, 5) is 30.4. The lowest BCUT2D eigenvalue weighted by Crippen LogP contribution is -2.34. The zero-order chi connectivity index (χ0) is 24.3. The van der Waals surface area contributed by atoms with Crippen molar-refractivity contribution >= 4 is 65.5 Å². The Morgan fingerprint density at radius 3 is 2.83 bits per heavy atom. The summed E-state index contributed by atoms with van der Waals surface area (Å²) in [7, 11) is -3.32. The highest BCUT2D eigenvalue weighted by atomic mass is 35.5. The van der Waals surface area contributed by atoms with Gasteiger partial charge >= 0.3 is 0 Å². The number of aromatic nitrogens is 4. The van der Waals surface area contributed by atoms with Gasteiger partial charge in [-0.15, -0.1) is 11.3 Å². The Bertz CT molecular complexity index is 1620. The summed E-state index contributed by atoms with van der Waals surface area (Å²) in [6.07, 6.45) is 4.14. The van der Waals surface area contributed by atoms with E-state index in [4.69, 9.17) is 16.3 Å². The summed E-state index contributed by atoms with van der Waals surface area (Å²) in [5.74, 6) is -0.189. The fraction of sp³-hybridized carbons (Fsp3) is 0.318. The number of carbonyl (C=O) groups is 1. The average Bonchev–Trinajstić information content (AvgIpc) is 3.62. The molecule has 35 heavy (non-hydrogen) atoms. The van der Waals surface area contributed by atoms with E-state index in [0.717, 1.165) is 15.8 Å². The molecule has 1 amide bonds. The number of amides is 1. The minimum Gasteiger partial charge on any atom is -0.419 e. The van der Waals surface area contributed by atoms with Crippen LogP contribution >= 0.6 is 22.9 Å². The van der Waals surface area contributed by atoms with Crippen molar-refractivity contribution in [2.45, 2.75) is 36.8 Å². The molecule has 10 nitrogen and oxygen atoms in total. The molecule has 2 N–H and O–H groups in total. The van der Waals surface area contributed by atoms with Crippen LogP contribution in [0.4, 0.5) is 5.69 Å². The lowest BCUT2D eigenvalue weighted by molar-refractivity contribution is 0.0949. The predicted molar refractivity (Wildman–Crippen MR) is 133 cm³/mol. The van der Waals surface area contributed by atoms with Gasteiger partial charge < -0.3 is 15.4 Å². The molecule has 6 rings (SSSR count). The lowest BCUT2D eigenvalue weighted by atomic mass is 10.1. The minimum atomic E-state index is -3.32. The van der Waals surface area contributed by atoms with E-state index in [-0.39, 0.29) is 40.0 Å². The topological polar surface area (TPSA) is 136 Å². The summed E-state index contributed by atoms with van der Waals surface area (Å²) in [6.45, 7) is 2.53. The zero-order valence-electron chi connectivity index (χ0n) is 18.4. The summed E-state index contributed by atoms with van der Waals surface area (Å²) in [5, 5.41) is 6.76. The first-order valence-electron chi connectivity index (χ1n) is 11.0. The molecule has 0 spiro atoms. The molecule has 0 radical (unpaired) electrons. The Hall–Kier alpha value is -3.09. The highest BCUT2D eigenvalue weighted by Gasteiger charge is 2.36. The Morgan fingerprint density at radius 2 is 2.03 bits per heavy atom. The molecule has 3 aromatic heterocycles. The van der Waals surface area contributed by atoms with Gasteiger partial charge in [0.1, 0.15) is 4.88 Å². The van der Waals surface area contributed by atoms with Crippen LogP contribution in [0.25, 0.3) is 21.1 Å². The molecule has 2 aliphatic rings. The molecule has 1 aliphatic carbocycles. The number of benzene rings is 1. The van der Waals surface area contributed by atoms with E-state index >= 15 is 0 Å². The van der Waals surface area contributed by atoms with Crippen molar-refractivity contribution < 1.29 is 17.9 Å². The van der Waals surface area contributed by atoms with E-state index in [0.29, 0.717) is 40.9 Å². The molecule has 4 heterocycles. The van der Waals surface area contributed by atoms with Gasteiger partial charge in [-0.05, 0) is 43.5 Å². The smallest absolute Gasteiger partial charge is 0.263 e. The van der Waals surface area contributed by atoms with Crippen molar-refractivity contribution in [3.63, 3.8) is 0 Å². The standard InChI is InChI=1S/C22H19ClN6O4S2/c1-10-6-24-18-16-14(34-19(18)20(30)27-10)5-4-13-17(16)25-8-15(28-13)33-21-11(7-26-22(23)29-21)9-35(31,32)12-2-3-12/h4-5,7-8,10,12,24H,2-3,6,9H2,1H3,(H,27,30)/t10-/m1/s1. The second-order valence-electron chi connectivity index (χ2n) is 8.65. The van der Waals surface area contributed by atoms with Gasteiger partial charge in [-0.25, -0.2) is 23.4 Å². The maximum Gasteiger partial charge on any atom is 0.263 e. The van der Waals surface area contributed by atoms with Crippen molar-refractivity contribution in [3.8, 4) is 11.8 Å². The van der Waals surface area contributed by atoms with Crippen molar-refractivity contribution in [3.05, 3.63) is 40.3 Å². The monoisotopic (exact) mass is 530 g/mol. The normalized spacial score (nSPS) is 18.1. The van der Waals surface area contributed by atoms with E-state index in [1.807, 2.05) is 13.0 Å². The number of sulfone groups is 1. The molecule has 4 aromatic rings. The number of ether oxygens (including phenoxy) is 1. The summed E-state index contributed by atoms with van der Waals surface area (Å²) >= 11 is 7.35. The number of hydrogen-bond acceptors (Lipinski definition) is 10. The molecule has 180 valence electrons. The van der Waals surface area contributed by atoms with Gasteiger partial charge in [0.15, 0.2) is 9.84 Å². The number of nitrogens with zero attached hydrogens (tertiary/aromatic N) is 4. The molecule has 0 bridgehead atoms. The first kappa shape index (κ1) is 22.4. The van der Waals surface area contributed by atoms with Gasteiger partial charge in [-0.1, -0.05) is 0 Å². The average molecular weight is 531 g/mol. The first-order valence-corrected chi connectivity index (χ1v) is 13.9. The molecule has 1 saturated carbocycles. The largest absolute Gasteiger partial charge is 0.419 e. The Kier molecular flexibility index (Phi) is 5.27. The van der Waals surface area contributed by atoms with Gasteiger partial charge in [-0.2, -0.15) is 4.98 Å². The van der Waals surface area contributed by atoms with E-state index in [9.17, 15) is 13.2 Å². The maximum absolute atomic E-state index is 12.6. The molecule has 1 aromatic carbocycles. The van der Waals surface area contributed by atoms with E-state index in [1.54, 1.807) is 6.07 Å². The Balaban J connectivity index is 1.38. The minimum absolute atomic E-state index is 0.00387. The van der Waals surface area contributed by atoms with Crippen molar-refractivity contribution in [1.82, 2.24) is 25.3 Å². The van der Waals surface area contributed by atoms with E-state index in [2.05, 4.69) is 30.6 Å². The zero-order valence-corrected chi connectivity index (χ0v) is 20.8. The maximum atomic E-state index is 12.6. The second kappa shape index (κ2) is 8.25. The van der Waals surface area contributed by atoms with Gasteiger partial charge in [-0.3, -0.25) is 4.79 Å². The van der Waals surface area contributed by atoms with Crippen molar-refractivity contribution in [2.75, 3.05) is 11.9 Å². The van der Waals surface area contributed by atoms with Gasteiger partial charge in [0.25, 0.3) is 5.91 Å². The molecular formula is C22H19ClN6O4S2. The number of rotatable bonds is 5. The number of thiophene rings is 1. The molecule has 0 unspecified atom stereocenters. The molecule has 0 saturated heterocycles. The highest BCUT2D eigenvalue weighted by molar-refractivity contribution is 7.91. The molecule has 1 fully saturated rings. The second-order valence-corrected chi connectivity index (χ2v) is 12.3. The number of hydrogen-bond donors (Lipinski definition) is 2. The van der Waals surface area contributed by atoms with Gasteiger partial charge in [0, 0.05) is 34.4 Å². The van der Waals surface area contributed by atoms with Crippen LogP contribution in [0, 0.1) is 0 Å². The van der Waals surface area contributed by atoms with Crippen LogP contribution < -0.4 is 15.4 Å². The fourth-order valence-corrected chi connectivity index (χ4v) is 6.98. The van der Waals surface area contributed by atoms with Crippen LogP contribution in [0.3, 0.4) is 0 Å². The molecule has 13 heteroatoms. The van der Waals surface area contributed by atoms with Crippen molar-refractivity contribution in [2.24, 2.45) is 0 Å². The number of fused-ring (bicyclic) bond motifs is 5. The summed E-state index contributed by atoms with van der Waals surface area (Å²) in [6, 6.07) is 3.69. The number of carbonyl (C=O) groups excluding carboxylic acids is 1. The quantitative estimate of drug-likeness (QED) is 0.370. The van der Waals surface area contributed by atoms with Crippen LogP contribution in [0.2, 0.25) is 5.28 Å². The summed E-state index contributed by atoms with van der Waals surface area (Å²) in [5.41, 5.74) is 2.24. The summed E-state index contributed by atoms with van der Waals surface area (Å²) < 4.78 is 31.8. The third kappa shape index (κ3) is 4.15. The number of halogens is 1. The van der Waals surface area contributed by atoms with Gasteiger partial charge in [0.05, 0.1) is 33.9 Å². The first-order chi connectivity index (χ1) is 16.8. The SMILES string of the molecule is C[C@@H]1CNc2c(sc3ccc4nc(Oc5nc(Cl)ncc5CS(=O)(=O)C5CC5)cnc4c23)C(=O)N1. The Labute approximate surface area is 209 Å². The van der Waals surface area contributed by atoms with Crippen LogP contribution in [0.15, 0.2) is 24.5 Å². The predicted octanol–water partition coefficient (Wildman–Crippen LogP) is 3.70.